The number of aliphatic hydroxyl groups excluding tert-OH is 1. The monoisotopic (exact) mass is 365 g/mol. The molecule has 6 heteroatoms. The van der Waals surface area contributed by atoms with Crippen LogP contribution in [0.2, 0.25) is 0 Å². The highest BCUT2D eigenvalue weighted by molar-refractivity contribution is 5.79. The van der Waals surface area contributed by atoms with E-state index in [2.05, 4.69) is 29.5 Å². The fraction of sp³-hybridized carbons (Fsp3) is 0.650. The van der Waals surface area contributed by atoms with Gasteiger partial charge in [0.1, 0.15) is 5.75 Å². The Hall–Kier alpha value is -1.79. The molecule has 0 spiro atoms. The summed E-state index contributed by atoms with van der Waals surface area (Å²) in [6.45, 7) is 9.40. The van der Waals surface area contributed by atoms with Crippen molar-refractivity contribution in [2.75, 3.05) is 33.4 Å². The van der Waals surface area contributed by atoms with Crippen LogP contribution in [0.25, 0.3) is 0 Å². The number of nitrogens with zero attached hydrogens (tertiary/aromatic N) is 1. The minimum atomic E-state index is -0.392. The molecule has 26 heavy (non-hydrogen) atoms. The molecule has 3 N–H and O–H groups in total. The van der Waals surface area contributed by atoms with Crippen LogP contribution >= 0.6 is 0 Å². The van der Waals surface area contributed by atoms with Crippen molar-refractivity contribution >= 4 is 5.96 Å². The van der Waals surface area contributed by atoms with Crippen LogP contribution in [0.5, 0.6) is 5.75 Å². The predicted octanol–water partition coefficient (Wildman–Crippen LogP) is 2.56. The molecule has 148 valence electrons. The number of benzene rings is 1. The van der Waals surface area contributed by atoms with Crippen LogP contribution in [0.15, 0.2) is 29.3 Å². The van der Waals surface area contributed by atoms with E-state index in [1.54, 1.807) is 7.11 Å². The Kier molecular flexibility index (Phi) is 11.5. The van der Waals surface area contributed by atoms with Crippen molar-refractivity contribution in [3.63, 3.8) is 0 Å². The Bertz CT molecular complexity index is 506. The maximum atomic E-state index is 10.2. The van der Waals surface area contributed by atoms with E-state index in [1.165, 1.54) is 0 Å². The third kappa shape index (κ3) is 9.06. The molecule has 1 aromatic carbocycles. The molecule has 2 atom stereocenters. The van der Waals surface area contributed by atoms with Crippen LogP contribution in [0.3, 0.4) is 0 Å². The van der Waals surface area contributed by atoms with Crippen LogP contribution in [0.4, 0.5) is 0 Å². The van der Waals surface area contributed by atoms with E-state index in [0.29, 0.717) is 19.0 Å². The van der Waals surface area contributed by atoms with Crippen LogP contribution in [0, 0.1) is 5.92 Å². The van der Waals surface area contributed by atoms with Gasteiger partial charge in [0.15, 0.2) is 5.96 Å². The molecule has 0 amide bonds. The van der Waals surface area contributed by atoms with Gasteiger partial charge in [0.2, 0.25) is 0 Å². The number of rotatable bonds is 12. The molecule has 0 bridgehead atoms. The minimum absolute atomic E-state index is 0.253. The molecule has 6 nitrogen and oxygen atoms in total. The van der Waals surface area contributed by atoms with Gasteiger partial charge in [-0.1, -0.05) is 32.4 Å². The summed E-state index contributed by atoms with van der Waals surface area (Å²) < 4.78 is 10.5. The van der Waals surface area contributed by atoms with E-state index in [9.17, 15) is 5.11 Å². The Morgan fingerprint density at radius 3 is 2.54 bits per heavy atom. The van der Waals surface area contributed by atoms with Gasteiger partial charge in [-0.2, -0.15) is 0 Å². The number of hydrogen-bond acceptors (Lipinski definition) is 4. The largest absolute Gasteiger partial charge is 0.497 e. The Morgan fingerprint density at radius 2 is 1.92 bits per heavy atom. The Balaban J connectivity index is 2.58. The van der Waals surface area contributed by atoms with Gasteiger partial charge in [-0.05, 0) is 37.0 Å². The van der Waals surface area contributed by atoms with E-state index in [4.69, 9.17) is 9.47 Å². The van der Waals surface area contributed by atoms with E-state index < -0.39 is 6.10 Å². The van der Waals surface area contributed by atoms with Crippen LogP contribution in [0.1, 0.15) is 39.2 Å². The number of nitrogens with one attached hydrogen (secondary N) is 2. The average molecular weight is 366 g/mol. The lowest BCUT2D eigenvalue weighted by Gasteiger charge is -2.19. The van der Waals surface area contributed by atoms with Crippen molar-refractivity contribution in [3.05, 3.63) is 29.8 Å². The summed E-state index contributed by atoms with van der Waals surface area (Å²) in [5, 5.41) is 16.7. The van der Waals surface area contributed by atoms with Gasteiger partial charge in [0, 0.05) is 26.3 Å². The molecule has 0 saturated heterocycles. The standard InChI is InChI=1S/C20H35N3O3/c1-5-16(3)19(24)15-23-20(21-12-7-13-26-6-2)22-14-17-8-10-18(25-4)11-9-17/h8-11,16,19,24H,5-7,12-15H2,1-4H3,(H2,21,22,23). The molecule has 2 unspecified atom stereocenters. The second-order valence-electron chi connectivity index (χ2n) is 6.32. The Labute approximate surface area is 158 Å². The van der Waals surface area contributed by atoms with Crippen LogP contribution in [-0.4, -0.2) is 50.6 Å². The first kappa shape index (κ1) is 22.3. The van der Waals surface area contributed by atoms with Gasteiger partial charge in [-0.15, -0.1) is 0 Å². The molecule has 0 radical (unpaired) electrons. The highest BCUT2D eigenvalue weighted by Crippen LogP contribution is 2.12. The lowest BCUT2D eigenvalue weighted by Crippen LogP contribution is -2.43. The average Bonchev–Trinajstić information content (AvgIpc) is 2.68. The van der Waals surface area contributed by atoms with Crippen molar-refractivity contribution in [1.82, 2.24) is 10.6 Å². The first-order valence-corrected chi connectivity index (χ1v) is 9.51. The second-order valence-corrected chi connectivity index (χ2v) is 6.32. The van der Waals surface area contributed by atoms with Gasteiger partial charge >= 0.3 is 0 Å². The molecule has 0 fully saturated rings. The van der Waals surface area contributed by atoms with Crippen molar-refractivity contribution in [2.45, 2.75) is 46.3 Å². The zero-order valence-corrected chi connectivity index (χ0v) is 16.6. The maximum Gasteiger partial charge on any atom is 0.191 e. The number of aliphatic imine (C=N–C) groups is 1. The lowest BCUT2D eigenvalue weighted by atomic mass is 10.0. The highest BCUT2D eigenvalue weighted by Gasteiger charge is 2.12. The second kappa shape index (κ2) is 13.4. The third-order valence-corrected chi connectivity index (χ3v) is 4.32. The normalized spacial score (nSPS) is 14.0. The number of ether oxygens (including phenoxy) is 2. The van der Waals surface area contributed by atoms with Crippen LogP contribution in [-0.2, 0) is 11.3 Å². The quantitative estimate of drug-likeness (QED) is 0.302. The highest BCUT2D eigenvalue weighted by atomic mass is 16.5. The van der Waals surface area contributed by atoms with Gasteiger partial charge in [-0.3, -0.25) is 0 Å². The van der Waals surface area contributed by atoms with Gasteiger partial charge in [-0.25, -0.2) is 4.99 Å². The number of hydrogen-bond donors (Lipinski definition) is 3. The molecule has 0 aliphatic carbocycles. The topological polar surface area (TPSA) is 75.1 Å². The molecule has 1 rings (SSSR count). The first-order valence-electron chi connectivity index (χ1n) is 9.51. The smallest absolute Gasteiger partial charge is 0.191 e. The van der Waals surface area contributed by atoms with E-state index in [1.807, 2.05) is 31.2 Å². The van der Waals surface area contributed by atoms with Crippen molar-refractivity contribution in [1.29, 1.82) is 0 Å². The SMILES string of the molecule is CCOCCCNC(=NCc1ccc(OC)cc1)NCC(O)C(C)CC. The molecular weight excluding hydrogens is 330 g/mol. The molecular formula is C20H35N3O3. The van der Waals surface area contributed by atoms with Crippen molar-refractivity contribution < 1.29 is 14.6 Å². The van der Waals surface area contributed by atoms with Gasteiger partial charge in [0.25, 0.3) is 0 Å². The molecule has 0 aliphatic heterocycles. The summed E-state index contributed by atoms with van der Waals surface area (Å²) in [6.07, 6.45) is 1.46. The fourth-order valence-corrected chi connectivity index (χ4v) is 2.28. The lowest BCUT2D eigenvalue weighted by molar-refractivity contribution is 0.117. The van der Waals surface area contributed by atoms with Crippen molar-refractivity contribution in [3.8, 4) is 5.75 Å². The van der Waals surface area contributed by atoms with Crippen molar-refractivity contribution in [2.24, 2.45) is 10.9 Å². The molecule has 1 aromatic rings. The predicted molar refractivity (Wildman–Crippen MR) is 107 cm³/mol. The maximum absolute atomic E-state index is 10.2. The molecule has 0 aromatic heterocycles. The number of guanidine groups is 1. The summed E-state index contributed by atoms with van der Waals surface area (Å²) >= 11 is 0. The van der Waals surface area contributed by atoms with E-state index in [-0.39, 0.29) is 5.92 Å². The minimum Gasteiger partial charge on any atom is -0.497 e. The number of aliphatic hydroxyl groups is 1. The Morgan fingerprint density at radius 1 is 1.19 bits per heavy atom. The summed E-state index contributed by atoms with van der Waals surface area (Å²) in [7, 11) is 1.66. The third-order valence-electron chi connectivity index (χ3n) is 4.32. The zero-order valence-electron chi connectivity index (χ0n) is 16.6. The van der Waals surface area contributed by atoms with Gasteiger partial charge < -0.3 is 25.2 Å². The molecule has 0 saturated carbocycles. The summed E-state index contributed by atoms with van der Waals surface area (Å²) in [5.74, 6) is 1.80. The fourth-order valence-electron chi connectivity index (χ4n) is 2.28. The molecule has 0 heterocycles. The zero-order chi connectivity index (χ0) is 19.2. The summed E-state index contributed by atoms with van der Waals surface area (Å²) in [5.41, 5.74) is 1.10. The van der Waals surface area contributed by atoms with E-state index >= 15 is 0 Å². The first-order chi connectivity index (χ1) is 12.6. The van der Waals surface area contributed by atoms with Gasteiger partial charge in [0.05, 0.1) is 19.8 Å². The summed E-state index contributed by atoms with van der Waals surface area (Å²) in [6, 6.07) is 7.87. The molecule has 0 aliphatic rings. The van der Waals surface area contributed by atoms with Crippen LogP contribution < -0.4 is 15.4 Å². The number of methoxy groups -OCH3 is 1. The summed E-state index contributed by atoms with van der Waals surface area (Å²) in [4.78, 5) is 4.63. The van der Waals surface area contributed by atoms with E-state index in [0.717, 1.165) is 43.9 Å².